The van der Waals surface area contributed by atoms with Gasteiger partial charge in [-0.25, -0.2) is 0 Å². The summed E-state index contributed by atoms with van der Waals surface area (Å²) in [6.07, 6.45) is 1.84. The second kappa shape index (κ2) is 5.75. The first-order valence-corrected chi connectivity index (χ1v) is 6.11. The molecule has 0 atom stereocenters. The summed E-state index contributed by atoms with van der Waals surface area (Å²) in [6.45, 7) is 2.81. The summed E-state index contributed by atoms with van der Waals surface area (Å²) < 4.78 is 10.7. The lowest BCUT2D eigenvalue weighted by atomic mass is 10.0. The van der Waals surface area contributed by atoms with E-state index in [4.69, 9.17) is 9.47 Å². The molecule has 0 radical (unpaired) electrons. The first-order chi connectivity index (χ1) is 9.21. The van der Waals surface area contributed by atoms with E-state index in [0.717, 1.165) is 34.7 Å². The molecule has 0 unspecified atom stereocenters. The SMILES string of the molecule is CNCc1cn[nH]c1-c1cc(OC)c(OC)cc1C. The zero-order valence-electron chi connectivity index (χ0n) is 11.7. The van der Waals surface area contributed by atoms with Crippen molar-refractivity contribution in [2.45, 2.75) is 13.5 Å². The Morgan fingerprint density at radius 1 is 1.21 bits per heavy atom. The van der Waals surface area contributed by atoms with Crippen molar-refractivity contribution in [3.63, 3.8) is 0 Å². The average Bonchev–Trinajstić information content (AvgIpc) is 2.87. The Morgan fingerprint density at radius 2 is 1.89 bits per heavy atom. The number of H-pyrrole nitrogens is 1. The van der Waals surface area contributed by atoms with E-state index in [1.54, 1.807) is 14.2 Å². The van der Waals surface area contributed by atoms with E-state index in [9.17, 15) is 0 Å². The van der Waals surface area contributed by atoms with E-state index in [0.29, 0.717) is 5.75 Å². The molecule has 102 valence electrons. The Morgan fingerprint density at radius 3 is 2.53 bits per heavy atom. The van der Waals surface area contributed by atoms with Crippen molar-refractivity contribution in [2.24, 2.45) is 0 Å². The number of nitrogens with zero attached hydrogens (tertiary/aromatic N) is 1. The molecular formula is C14H19N3O2. The van der Waals surface area contributed by atoms with Gasteiger partial charge in [0.15, 0.2) is 11.5 Å². The van der Waals surface area contributed by atoms with Crippen LogP contribution in [0.4, 0.5) is 0 Å². The minimum atomic E-state index is 0.716. The van der Waals surface area contributed by atoms with Crippen molar-refractivity contribution in [1.82, 2.24) is 15.5 Å². The number of hydrogen-bond acceptors (Lipinski definition) is 4. The predicted octanol–water partition coefficient (Wildman–Crippen LogP) is 2.12. The van der Waals surface area contributed by atoms with Crippen LogP contribution in [0, 0.1) is 6.92 Å². The number of aryl methyl sites for hydroxylation is 1. The maximum atomic E-state index is 5.35. The Kier molecular flexibility index (Phi) is 4.06. The maximum absolute atomic E-state index is 5.35. The maximum Gasteiger partial charge on any atom is 0.161 e. The standard InChI is InChI=1S/C14H19N3O2/c1-9-5-12(18-3)13(19-4)6-11(9)14-10(7-15-2)8-16-17-14/h5-6,8,15H,7H2,1-4H3,(H,16,17). The van der Waals surface area contributed by atoms with Gasteiger partial charge in [0.05, 0.1) is 26.1 Å². The average molecular weight is 261 g/mol. The molecule has 0 amide bonds. The van der Waals surface area contributed by atoms with Gasteiger partial charge < -0.3 is 14.8 Å². The van der Waals surface area contributed by atoms with Crippen LogP contribution >= 0.6 is 0 Å². The number of nitrogens with one attached hydrogen (secondary N) is 2. The minimum Gasteiger partial charge on any atom is -0.493 e. The molecule has 0 bridgehead atoms. The summed E-state index contributed by atoms with van der Waals surface area (Å²) in [6, 6.07) is 3.94. The fraction of sp³-hybridized carbons (Fsp3) is 0.357. The van der Waals surface area contributed by atoms with Crippen molar-refractivity contribution in [2.75, 3.05) is 21.3 Å². The molecule has 1 aromatic carbocycles. The molecule has 2 N–H and O–H groups in total. The monoisotopic (exact) mass is 261 g/mol. The Hall–Kier alpha value is -2.01. The molecule has 0 aliphatic heterocycles. The highest BCUT2D eigenvalue weighted by Gasteiger charge is 2.14. The first-order valence-electron chi connectivity index (χ1n) is 6.11. The van der Waals surface area contributed by atoms with Gasteiger partial charge in [0.25, 0.3) is 0 Å². The van der Waals surface area contributed by atoms with E-state index < -0.39 is 0 Å². The van der Waals surface area contributed by atoms with Gasteiger partial charge in [-0.2, -0.15) is 5.10 Å². The van der Waals surface area contributed by atoms with E-state index in [2.05, 4.69) is 15.5 Å². The van der Waals surface area contributed by atoms with Gasteiger partial charge in [0.1, 0.15) is 0 Å². The molecule has 0 aliphatic rings. The first kappa shape index (κ1) is 13.4. The zero-order chi connectivity index (χ0) is 13.8. The van der Waals surface area contributed by atoms with Crippen LogP contribution in [0.15, 0.2) is 18.3 Å². The van der Waals surface area contributed by atoms with Gasteiger partial charge in [-0.05, 0) is 31.7 Å². The smallest absolute Gasteiger partial charge is 0.161 e. The van der Waals surface area contributed by atoms with Crippen LogP contribution in [-0.2, 0) is 6.54 Å². The summed E-state index contributed by atoms with van der Waals surface area (Å²) in [5.41, 5.74) is 4.31. The molecule has 0 saturated heterocycles. The molecule has 1 heterocycles. The number of hydrogen-bond donors (Lipinski definition) is 2. The number of benzene rings is 1. The Balaban J connectivity index is 2.52. The van der Waals surface area contributed by atoms with Crippen molar-refractivity contribution < 1.29 is 9.47 Å². The van der Waals surface area contributed by atoms with Crippen molar-refractivity contribution in [3.05, 3.63) is 29.5 Å². The Labute approximate surface area is 112 Å². The summed E-state index contributed by atoms with van der Waals surface area (Å²) in [5.74, 6) is 1.45. The highest BCUT2D eigenvalue weighted by Crippen LogP contribution is 2.35. The summed E-state index contributed by atoms with van der Waals surface area (Å²) in [5, 5.41) is 10.3. The van der Waals surface area contributed by atoms with Crippen molar-refractivity contribution in [3.8, 4) is 22.8 Å². The topological polar surface area (TPSA) is 59.2 Å². The van der Waals surface area contributed by atoms with E-state index in [1.165, 1.54) is 0 Å². The van der Waals surface area contributed by atoms with Gasteiger partial charge in [-0.15, -0.1) is 0 Å². The molecule has 0 fully saturated rings. The fourth-order valence-electron chi connectivity index (χ4n) is 2.12. The van der Waals surface area contributed by atoms with Crippen molar-refractivity contribution in [1.29, 1.82) is 0 Å². The van der Waals surface area contributed by atoms with Crippen LogP contribution in [0.3, 0.4) is 0 Å². The quantitative estimate of drug-likeness (QED) is 0.865. The van der Waals surface area contributed by atoms with Crippen LogP contribution in [0.25, 0.3) is 11.3 Å². The van der Waals surface area contributed by atoms with Gasteiger partial charge >= 0.3 is 0 Å². The molecule has 0 aliphatic carbocycles. The molecule has 19 heavy (non-hydrogen) atoms. The molecule has 2 rings (SSSR count). The Bertz CT molecular complexity index is 564. The molecule has 2 aromatic rings. The number of aromatic nitrogens is 2. The lowest BCUT2D eigenvalue weighted by molar-refractivity contribution is 0.355. The molecular weight excluding hydrogens is 242 g/mol. The second-order valence-electron chi connectivity index (χ2n) is 4.32. The van der Waals surface area contributed by atoms with Crippen LogP contribution in [0.1, 0.15) is 11.1 Å². The minimum absolute atomic E-state index is 0.716. The lowest BCUT2D eigenvalue weighted by Gasteiger charge is -2.13. The third-order valence-corrected chi connectivity index (χ3v) is 3.08. The highest BCUT2D eigenvalue weighted by molar-refractivity contribution is 5.70. The number of methoxy groups -OCH3 is 2. The number of aromatic amines is 1. The summed E-state index contributed by atoms with van der Waals surface area (Å²) in [4.78, 5) is 0. The van der Waals surface area contributed by atoms with E-state index in [-0.39, 0.29) is 0 Å². The normalized spacial score (nSPS) is 10.5. The van der Waals surface area contributed by atoms with Crippen LogP contribution in [-0.4, -0.2) is 31.5 Å². The second-order valence-corrected chi connectivity index (χ2v) is 4.32. The number of ether oxygens (including phenoxy) is 2. The summed E-state index contributed by atoms with van der Waals surface area (Å²) in [7, 11) is 5.19. The fourth-order valence-corrected chi connectivity index (χ4v) is 2.12. The van der Waals surface area contributed by atoms with Gasteiger partial charge in [-0.3, -0.25) is 5.10 Å². The summed E-state index contributed by atoms with van der Waals surface area (Å²) >= 11 is 0. The van der Waals surface area contributed by atoms with Crippen LogP contribution in [0.2, 0.25) is 0 Å². The molecule has 0 spiro atoms. The molecule has 1 aromatic heterocycles. The lowest BCUT2D eigenvalue weighted by Crippen LogP contribution is -2.05. The van der Waals surface area contributed by atoms with Gasteiger partial charge in [0.2, 0.25) is 0 Å². The van der Waals surface area contributed by atoms with E-state index >= 15 is 0 Å². The predicted molar refractivity (Wildman–Crippen MR) is 74.6 cm³/mol. The van der Waals surface area contributed by atoms with Crippen LogP contribution in [0.5, 0.6) is 11.5 Å². The third-order valence-electron chi connectivity index (χ3n) is 3.08. The van der Waals surface area contributed by atoms with E-state index in [1.807, 2.05) is 32.3 Å². The third kappa shape index (κ3) is 2.56. The number of rotatable bonds is 5. The molecule has 5 nitrogen and oxygen atoms in total. The largest absolute Gasteiger partial charge is 0.493 e. The highest BCUT2D eigenvalue weighted by atomic mass is 16.5. The van der Waals surface area contributed by atoms with Gasteiger partial charge in [0, 0.05) is 17.7 Å². The molecule has 5 heteroatoms. The van der Waals surface area contributed by atoms with Crippen LogP contribution < -0.4 is 14.8 Å². The molecule has 0 saturated carbocycles. The van der Waals surface area contributed by atoms with Crippen molar-refractivity contribution >= 4 is 0 Å². The zero-order valence-corrected chi connectivity index (χ0v) is 11.7. The van der Waals surface area contributed by atoms with Gasteiger partial charge in [-0.1, -0.05) is 0 Å².